The largest absolute Gasteiger partial charge is 0.497 e. The van der Waals surface area contributed by atoms with Crippen LogP contribution in [0.15, 0.2) is 41.5 Å². The van der Waals surface area contributed by atoms with Crippen LogP contribution in [0.1, 0.15) is 121 Å². The smallest absolute Gasteiger partial charge is 0.413 e. The Morgan fingerprint density at radius 3 is 2.03 bits per heavy atom. The van der Waals surface area contributed by atoms with Crippen molar-refractivity contribution in [1.82, 2.24) is 4.90 Å². The molecule has 4 aliphatic rings. The summed E-state index contributed by atoms with van der Waals surface area (Å²) in [6.45, 7) is 24.4. The number of carbonyl (C=O) groups excluding carboxylic acids is 6. The summed E-state index contributed by atoms with van der Waals surface area (Å²) in [4.78, 5) is 82.1. The number of carbonyl (C=O) groups is 6. The molecular weight excluding hydrogens is 831 g/mol. The Morgan fingerprint density at radius 1 is 0.859 bits per heavy atom. The van der Waals surface area contributed by atoms with Gasteiger partial charge in [-0.15, -0.1) is 0 Å². The summed E-state index contributed by atoms with van der Waals surface area (Å²) in [5, 5.41) is 0. The van der Waals surface area contributed by atoms with Gasteiger partial charge in [-0.2, -0.15) is 0 Å². The first-order valence-corrected chi connectivity index (χ1v) is 22.0. The van der Waals surface area contributed by atoms with Gasteiger partial charge in [0.1, 0.15) is 35.4 Å². The second-order valence-corrected chi connectivity index (χ2v) is 19.2. The van der Waals surface area contributed by atoms with Crippen molar-refractivity contribution < 1.29 is 71.4 Å². The zero-order valence-corrected chi connectivity index (χ0v) is 39.8. The summed E-state index contributed by atoms with van der Waals surface area (Å²) in [6.07, 6.45) is -7.48. The average molecular weight is 898 g/mol. The zero-order chi connectivity index (χ0) is 47.7. The highest BCUT2D eigenvalue weighted by atomic mass is 16.6. The van der Waals surface area contributed by atoms with Gasteiger partial charge in [-0.05, 0) is 99.5 Å². The van der Waals surface area contributed by atoms with E-state index in [9.17, 15) is 28.8 Å². The minimum Gasteiger partial charge on any atom is -0.497 e. The molecule has 16 nitrogen and oxygen atoms in total. The van der Waals surface area contributed by atoms with Crippen molar-refractivity contribution in [2.45, 2.75) is 163 Å². The van der Waals surface area contributed by atoms with E-state index in [2.05, 4.69) is 6.58 Å². The Hall–Kier alpha value is -5.12. The number of methoxy groups -OCH3 is 2. The normalized spacial score (nSPS) is 31.5. The minimum atomic E-state index is -1.34. The van der Waals surface area contributed by atoms with Gasteiger partial charge in [0, 0.05) is 45.7 Å². The molecule has 0 spiro atoms. The summed E-state index contributed by atoms with van der Waals surface area (Å²) in [5.41, 5.74) is 0.00847. The van der Waals surface area contributed by atoms with Gasteiger partial charge in [-0.25, -0.2) is 9.59 Å². The summed E-state index contributed by atoms with van der Waals surface area (Å²) >= 11 is 0. The number of fused-ring (bicyclic) bond motifs is 3. The molecule has 2 saturated carbocycles. The van der Waals surface area contributed by atoms with Gasteiger partial charge in [0.25, 0.3) is 0 Å². The Kier molecular flexibility index (Phi) is 15.2. The lowest BCUT2D eigenvalue weighted by Gasteiger charge is -2.57. The molecule has 3 fully saturated rings. The second kappa shape index (κ2) is 19.5. The number of nitrogens with zero attached hydrogens (tertiary/aromatic N) is 1. The maximum atomic E-state index is 14.9. The molecule has 5 rings (SSSR count). The Labute approximate surface area is 376 Å². The Balaban J connectivity index is 1.63. The van der Waals surface area contributed by atoms with Crippen LogP contribution in [-0.2, 0) is 57.1 Å². The van der Waals surface area contributed by atoms with E-state index in [4.69, 9.17) is 42.6 Å². The van der Waals surface area contributed by atoms with Crippen molar-refractivity contribution >= 4 is 35.9 Å². The van der Waals surface area contributed by atoms with Gasteiger partial charge in [-0.3, -0.25) is 24.1 Å². The lowest BCUT2D eigenvalue weighted by Crippen LogP contribution is -2.63. The van der Waals surface area contributed by atoms with E-state index in [0.29, 0.717) is 53.0 Å². The molecule has 16 heteroatoms. The number of hydrogen-bond donors (Lipinski definition) is 0. The van der Waals surface area contributed by atoms with Crippen LogP contribution in [0.3, 0.4) is 0 Å². The molecule has 1 aliphatic heterocycles. The van der Waals surface area contributed by atoms with Crippen molar-refractivity contribution in [2.24, 2.45) is 29.1 Å². The van der Waals surface area contributed by atoms with Gasteiger partial charge in [0.05, 0.1) is 25.7 Å². The number of esters is 5. The van der Waals surface area contributed by atoms with Crippen LogP contribution in [0.2, 0.25) is 0 Å². The number of amides is 1. The zero-order valence-electron chi connectivity index (χ0n) is 39.8. The van der Waals surface area contributed by atoms with E-state index >= 15 is 0 Å². The standard InChI is InChI=1S/C48H67NO15/c1-23(2)18-35-41(63-44(49(35)46(55)64-47(10,11)12)33-17-16-32(56-14)21-38(33)57-15)45(54)62-37-22-39(59-28(7)51)48(13)34(25(37)4)19-31-20-36(58-27(6)50)26(5)40(24(31)3)42(60-29(8)52)43(48)61-30(9)53/h16-17,21,23-24,31,34-37,39,41-44H,4,18-20,22H2,1-3,5-15H3/t24-,31-,34-,35+,36+,37+,39+,41-,42-,43+,44?,48+/m1/s1. The number of hydrogen-bond acceptors (Lipinski definition) is 15. The highest BCUT2D eigenvalue weighted by molar-refractivity contribution is 5.79. The summed E-state index contributed by atoms with van der Waals surface area (Å²) in [7, 11) is 2.99. The molecule has 1 aromatic carbocycles. The fraction of sp³-hybridized carbons (Fsp3) is 0.667. The quantitative estimate of drug-likeness (QED) is 0.122. The molecule has 12 atom stereocenters. The lowest BCUT2D eigenvalue weighted by atomic mass is 9.52. The van der Waals surface area contributed by atoms with Gasteiger partial charge >= 0.3 is 35.9 Å². The predicted molar refractivity (Wildman–Crippen MR) is 231 cm³/mol. The summed E-state index contributed by atoms with van der Waals surface area (Å²) < 4.78 is 54.4. The Bertz CT molecular complexity index is 2020. The van der Waals surface area contributed by atoms with Crippen molar-refractivity contribution in [1.29, 1.82) is 0 Å². The van der Waals surface area contributed by atoms with Crippen LogP contribution in [0.5, 0.6) is 11.5 Å². The van der Waals surface area contributed by atoms with Crippen molar-refractivity contribution in [3.05, 3.63) is 47.1 Å². The fourth-order valence-corrected chi connectivity index (χ4v) is 10.3. The van der Waals surface area contributed by atoms with E-state index in [1.54, 1.807) is 39.0 Å². The molecule has 0 aromatic heterocycles. The highest BCUT2D eigenvalue weighted by Crippen LogP contribution is 2.58. The molecule has 3 aliphatic carbocycles. The van der Waals surface area contributed by atoms with Gasteiger partial charge in [0.15, 0.2) is 24.5 Å². The van der Waals surface area contributed by atoms with Crippen LogP contribution in [0.4, 0.5) is 4.79 Å². The van der Waals surface area contributed by atoms with Crippen LogP contribution in [0, 0.1) is 29.1 Å². The average Bonchev–Trinajstić information content (AvgIpc) is 3.55. The molecule has 1 heterocycles. The first-order chi connectivity index (χ1) is 29.8. The maximum Gasteiger partial charge on any atom is 0.413 e. The third kappa shape index (κ3) is 10.4. The van der Waals surface area contributed by atoms with Crippen molar-refractivity contribution in [3.63, 3.8) is 0 Å². The van der Waals surface area contributed by atoms with Crippen LogP contribution >= 0.6 is 0 Å². The molecule has 1 amide bonds. The van der Waals surface area contributed by atoms with E-state index in [1.807, 2.05) is 34.6 Å². The highest BCUT2D eigenvalue weighted by Gasteiger charge is 2.63. The molecule has 64 heavy (non-hydrogen) atoms. The molecular formula is C48H67NO15. The molecule has 0 radical (unpaired) electrons. The summed E-state index contributed by atoms with van der Waals surface area (Å²) in [6, 6.07) is 4.17. The number of rotatable bonds is 11. The lowest BCUT2D eigenvalue weighted by molar-refractivity contribution is -0.211. The number of ether oxygens (including phenoxy) is 9. The molecule has 1 saturated heterocycles. The molecule has 1 aromatic rings. The molecule has 354 valence electrons. The van der Waals surface area contributed by atoms with Crippen molar-refractivity contribution in [3.8, 4) is 11.5 Å². The molecule has 2 bridgehead atoms. The Morgan fingerprint density at radius 2 is 1.48 bits per heavy atom. The topological polar surface area (TPSA) is 189 Å². The third-order valence-corrected chi connectivity index (χ3v) is 13.1. The van der Waals surface area contributed by atoms with Crippen molar-refractivity contribution in [2.75, 3.05) is 14.2 Å². The maximum absolute atomic E-state index is 14.9. The van der Waals surface area contributed by atoms with Gasteiger partial charge in [-0.1, -0.05) is 34.3 Å². The van der Waals surface area contributed by atoms with Crippen LogP contribution < -0.4 is 9.47 Å². The van der Waals surface area contributed by atoms with Gasteiger partial charge in [0.2, 0.25) is 0 Å². The minimum absolute atomic E-state index is 0.0294. The molecule has 1 unspecified atom stereocenters. The number of benzene rings is 1. The summed E-state index contributed by atoms with van der Waals surface area (Å²) in [5.74, 6) is -3.62. The van der Waals surface area contributed by atoms with E-state index in [1.165, 1.54) is 46.8 Å². The van der Waals surface area contributed by atoms with Crippen LogP contribution in [0.25, 0.3) is 0 Å². The first kappa shape index (κ1) is 49.9. The third-order valence-electron chi connectivity index (χ3n) is 13.1. The first-order valence-electron chi connectivity index (χ1n) is 22.0. The van der Waals surface area contributed by atoms with E-state index < -0.39 is 102 Å². The predicted octanol–water partition coefficient (Wildman–Crippen LogP) is 7.35. The van der Waals surface area contributed by atoms with E-state index in [-0.39, 0.29) is 24.2 Å². The second-order valence-electron chi connectivity index (χ2n) is 19.2. The van der Waals surface area contributed by atoms with Crippen LogP contribution in [-0.4, -0.2) is 103 Å². The monoisotopic (exact) mass is 897 g/mol. The fourth-order valence-electron chi connectivity index (χ4n) is 10.3. The van der Waals surface area contributed by atoms with Gasteiger partial charge < -0.3 is 42.6 Å². The SMILES string of the molecule is C=C1[C@@H](OC(=O)[C@@H]2OC(c3ccc(OC)cc3OC)N(C(=O)OC(C)(C)C)[C@H]2CC(C)C)C[C@H](OC(C)=O)[C@]2(C)[C@@H]1C[C@@H]1C[C@H](OC(C)=O)C(C)=C([C@@H](OC(C)=O)[C@@H]2OC(C)=O)[C@@H]1C. The molecule has 0 N–H and O–H groups in total. The van der Waals surface area contributed by atoms with E-state index in [0.717, 1.165) is 0 Å².